The van der Waals surface area contributed by atoms with Gasteiger partial charge in [0.15, 0.2) is 12.4 Å². The van der Waals surface area contributed by atoms with Gasteiger partial charge < -0.3 is 0 Å². The van der Waals surface area contributed by atoms with E-state index in [1.807, 2.05) is 0 Å². The molecule has 0 fully saturated rings. The first-order valence-corrected chi connectivity index (χ1v) is 5.27. The van der Waals surface area contributed by atoms with Gasteiger partial charge in [-0.2, -0.15) is 0 Å². The highest BCUT2D eigenvalue weighted by Gasteiger charge is 1.95. The smallest absolute Gasteiger partial charge is 0.168 e. The van der Waals surface area contributed by atoms with Crippen molar-refractivity contribution < 1.29 is 4.57 Å². The Morgan fingerprint density at radius 2 is 1.77 bits per heavy atom. The van der Waals surface area contributed by atoms with Crippen LogP contribution in [0.3, 0.4) is 0 Å². The van der Waals surface area contributed by atoms with Crippen LogP contribution < -0.4 is 4.57 Å². The fraction of sp³-hybridized carbons (Fsp3) is 0.583. The summed E-state index contributed by atoms with van der Waals surface area (Å²) in [5.74, 6) is 0. The molecule has 0 unspecified atom stereocenters. The largest absolute Gasteiger partial charge is 0.208 e. The van der Waals surface area contributed by atoms with E-state index in [9.17, 15) is 0 Å². The lowest BCUT2D eigenvalue weighted by molar-refractivity contribution is -0.671. The lowest BCUT2D eigenvalue weighted by atomic mass is 10.1. The van der Waals surface area contributed by atoms with Crippen LogP contribution in [0.5, 0.6) is 0 Å². The van der Waals surface area contributed by atoms with E-state index in [4.69, 9.17) is 0 Å². The normalized spacial score (nSPS) is 10.3. The molecular weight excluding hydrogens is 158 g/mol. The summed E-state index contributed by atoms with van der Waals surface area (Å²) in [5.41, 5.74) is 1.47. The molecule has 1 nitrogen and oxygen atoms in total. The minimum Gasteiger partial charge on any atom is -0.208 e. The van der Waals surface area contributed by atoms with E-state index in [1.54, 1.807) is 0 Å². The van der Waals surface area contributed by atoms with Crippen LogP contribution in [0.4, 0.5) is 0 Å². The Kier molecular flexibility index (Phi) is 4.52. The lowest BCUT2D eigenvalue weighted by Crippen LogP contribution is -2.25. The molecule has 0 aromatic carbocycles. The maximum atomic E-state index is 2.25. The van der Waals surface area contributed by atoms with Gasteiger partial charge in [0.05, 0.1) is 0 Å². The first-order chi connectivity index (χ1) is 6.33. The minimum absolute atomic E-state index is 1.24. The number of hydrogen-bond donors (Lipinski definition) is 0. The topological polar surface area (TPSA) is 3.88 Å². The van der Waals surface area contributed by atoms with Crippen LogP contribution in [0.25, 0.3) is 0 Å². The summed E-state index contributed by atoms with van der Waals surface area (Å²) in [6.07, 6.45) is 10.9. The third kappa shape index (κ3) is 4.07. The monoisotopic (exact) mass is 178 g/mol. The Labute approximate surface area is 81.4 Å². The third-order valence-corrected chi connectivity index (χ3v) is 2.37. The second-order valence-electron chi connectivity index (χ2n) is 3.68. The summed E-state index contributed by atoms with van der Waals surface area (Å²) in [7, 11) is 2.06. The van der Waals surface area contributed by atoms with Gasteiger partial charge in [0.1, 0.15) is 7.05 Å². The molecule has 1 aromatic rings. The van der Waals surface area contributed by atoms with Crippen molar-refractivity contribution in [2.75, 3.05) is 0 Å². The van der Waals surface area contributed by atoms with Crippen LogP contribution in [-0.2, 0) is 13.5 Å². The molecule has 0 atom stereocenters. The molecule has 0 saturated heterocycles. The van der Waals surface area contributed by atoms with Crippen molar-refractivity contribution in [1.82, 2.24) is 0 Å². The Bertz CT molecular complexity index is 225. The summed E-state index contributed by atoms with van der Waals surface area (Å²) in [5, 5.41) is 0. The van der Waals surface area contributed by atoms with E-state index in [0.717, 1.165) is 0 Å². The SMILES string of the molecule is CCCCCCc1cc[n+](C)cc1. The summed E-state index contributed by atoms with van der Waals surface area (Å²) in [6, 6.07) is 4.43. The standard InChI is InChI=1S/C12H20N/c1-3-4-5-6-7-12-8-10-13(2)11-9-12/h8-11H,3-7H2,1-2H3/q+1. The average molecular weight is 178 g/mol. The fourth-order valence-corrected chi connectivity index (χ4v) is 1.45. The Morgan fingerprint density at radius 3 is 2.38 bits per heavy atom. The van der Waals surface area contributed by atoms with E-state index in [0.29, 0.717) is 0 Å². The van der Waals surface area contributed by atoms with Gasteiger partial charge in [0.25, 0.3) is 0 Å². The summed E-state index contributed by atoms with van der Waals surface area (Å²) < 4.78 is 2.08. The van der Waals surface area contributed by atoms with E-state index >= 15 is 0 Å². The van der Waals surface area contributed by atoms with Crippen molar-refractivity contribution in [2.45, 2.75) is 39.0 Å². The Balaban J connectivity index is 2.25. The van der Waals surface area contributed by atoms with Crippen molar-refractivity contribution >= 4 is 0 Å². The molecule has 72 valence electrons. The number of nitrogens with zero attached hydrogens (tertiary/aromatic N) is 1. The molecule has 0 amide bonds. The minimum atomic E-state index is 1.24. The molecule has 0 aliphatic carbocycles. The molecule has 1 rings (SSSR count). The maximum Gasteiger partial charge on any atom is 0.168 e. The van der Waals surface area contributed by atoms with Gasteiger partial charge in [-0.15, -0.1) is 0 Å². The van der Waals surface area contributed by atoms with Crippen LogP contribution in [0, 0.1) is 0 Å². The first-order valence-electron chi connectivity index (χ1n) is 5.27. The Morgan fingerprint density at radius 1 is 1.08 bits per heavy atom. The van der Waals surface area contributed by atoms with Crippen molar-refractivity contribution in [3.05, 3.63) is 30.1 Å². The number of rotatable bonds is 5. The summed E-state index contributed by atoms with van der Waals surface area (Å²) in [4.78, 5) is 0. The van der Waals surface area contributed by atoms with E-state index in [2.05, 4.69) is 43.1 Å². The molecule has 1 heterocycles. The quantitative estimate of drug-likeness (QED) is 0.482. The lowest BCUT2D eigenvalue weighted by Gasteiger charge is -1.99. The zero-order valence-corrected chi connectivity index (χ0v) is 8.79. The van der Waals surface area contributed by atoms with E-state index in [1.165, 1.54) is 37.7 Å². The predicted molar refractivity (Wildman–Crippen MR) is 55.5 cm³/mol. The molecule has 0 aliphatic rings. The number of unbranched alkanes of at least 4 members (excludes halogenated alkanes) is 3. The van der Waals surface area contributed by atoms with E-state index in [-0.39, 0.29) is 0 Å². The number of aryl methyl sites for hydroxylation is 2. The highest BCUT2D eigenvalue weighted by molar-refractivity contribution is 5.06. The zero-order valence-electron chi connectivity index (χ0n) is 8.79. The van der Waals surface area contributed by atoms with Crippen LogP contribution in [0.2, 0.25) is 0 Å². The van der Waals surface area contributed by atoms with Gasteiger partial charge in [-0.1, -0.05) is 26.2 Å². The van der Waals surface area contributed by atoms with Crippen molar-refractivity contribution in [1.29, 1.82) is 0 Å². The zero-order chi connectivity index (χ0) is 9.52. The average Bonchev–Trinajstić information content (AvgIpc) is 2.15. The van der Waals surface area contributed by atoms with Gasteiger partial charge in [-0.3, -0.25) is 0 Å². The van der Waals surface area contributed by atoms with Crippen molar-refractivity contribution in [2.24, 2.45) is 7.05 Å². The molecule has 1 aromatic heterocycles. The molecule has 13 heavy (non-hydrogen) atoms. The fourth-order valence-electron chi connectivity index (χ4n) is 1.45. The van der Waals surface area contributed by atoms with Crippen LogP contribution >= 0.6 is 0 Å². The first kappa shape index (κ1) is 10.2. The summed E-state index contributed by atoms with van der Waals surface area (Å²) in [6.45, 7) is 2.25. The van der Waals surface area contributed by atoms with Crippen LogP contribution in [0.15, 0.2) is 24.5 Å². The predicted octanol–water partition coefficient (Wildman–Crippen LogP) is 2.63. The maximum absolute atomic E-state index is 2.25. The molecule has 0 saturated carbocycles. The van der Waals surface area contributed by atoms with Gasteiger partial charge >= 0.3 is 0 Å². The van der Waals surface area contributed by atoms with Crippen LogP contribution in [0.1, 0.15) is 38.2 Å². The highest BCUT2D eigenvalue weighted by Crippen LogP contribution is 2.05. The Hall–Kier alpha value is -0.850. The van der Waals surface area contributed by atoms with Crippen molar-refractivity contribution in [3.8, 4) is 0 Å². The van der Waals surface area contributed by atoms with Gasteiger partial charge in [-0.25, -0.2) is 4.57 Å². The molecule has 0 radical (unpaired) electrons. The van der Waals surface area contributed by atoms with E-state index < -0.39 is 0 Å². The second-order valence-corrected chi connectivity index (χ2v) is 3.68. The summed E-state index contributed by atoms with van der Waals surface area (Å²) >= 11 is 0. The van der Waals surface area contributed by atoms with Crippen molar-refractivity contribution in [3.63, 3.8) is 0 Å². The third-order valence-electron chi connectivity index (χ3n) is 2.37. The molecule has 0 bridgehead atoms. The molecular formula is C12H20N+. The molecule has 0 N–H and O–H groups in total. The molecule has 0 aliphatic heterocycles. The molecule has 1 heteroatoms. The van der Waals surface area contributed by atoms with Gasteiger partial charge in [-0.05, 0) is 18.4 Å². The second kappa shape index (κ2) is 5.74. The van der Waals surface area contributed by atoms with Gasteiger partial charge in [0, 0.05) is 12.1 Å². The number of hydrogen-bond acceptors (Lipinski definition) is 0. The van der Waals surface area contributed by atoms with Crippen LogP contribution in [-0.4, -0.2) is 0 Å². The number of aromatic nitrogens is 1. The highest BCUT2D eigenvalue weighted by atomic mass is 14.9. The molecule has 0 spiro atoms. The number of pyridine rings is 1. The van der Waals surface area contributed by atoms with Gasteiger partial charge in [0.2, 0.25) is 0 Å².